The minimum absolute atomic E-state index is 0.0247. The average molecular weight is 436 g/mol. The number of carboxylic acid groups (broad SMARTS) is 1. The molecular formula is C27H33NO4. The van der Waals surface area contributed by atoms with Gasteiger partial charge in [0.1, 0.15) is 12.6 Å². The highest BCUT2D eigenvalue weighted by Crippen LogP contribution is 2.44. The SMILES string of the molecule is CCCN(C(=O)OCC1c2ccccc2-c2ccccc21)C(C(=O)O)C1CCCC(C)C1. The van der Waals surface area contributed by atoms with Crippen molar-refractivity contribution < 1.29 is 19.4 Å². The first-order valence-electron chi connectivity index (χ1n) is 11.9. The molecule has 0 spiro atoms. The second-order valence-electron chi connectivity index (χ2n) is 9.31. The fraction of sp³-hybridized carbons (Fsp3) is 0.481. The molecule has 3 unspecified atom stereocenters. The highest BCUT2D eigenvalue weighted by Gasteiger charge is 2.39. The van der Waals surface area contributed by atoms with Crippen LogP contribution in [0.25, 0.3) is 11.1 Å². The van der Waals surface area contributed by atoms with Crippen molar-refractivity contribution in [2.24, 2.45) is 11.8 Å². The van der Waals surface area contributed by atoms with Crippen molar-refractivity contribution in [2.45, 2.75) is 57.9 Å². The smallest absolute Gasteiger partial charge is 0.410 e. The predicted molar refractivity (Wildman–Crippen MR) is 125 cm³/mol. The second kappa shape index (κ2) is 9.76. The summed E-state index contributed by atoms with van der Waals surface area (Å²) in [5.74, 6) is -0.497. The molecule has 2 aliphatic rings. The summed E-state index contributed by atoms with van der Waals surface area (Å²) in [7, 11) is 0. The molecule has 0 aliphatic heterocycles. The number of ether oxygens (including phenoxy) is 1. The summed E-state index contributed by atoms with van der Waals surface area (Å²) in [6.07, 6.45) is 4.00. The minimum atomic E-state index is -0.925. The van der Waals surface area contributed by atoms with E-state index in [-0.39, 0.29) is 18.4 Å². The lowest BCUT2D eigenvalue weighted by atomic mass is 9.78. The van der Waals surface area contributed by atoms with Crippen LogP contribution in [0.2, 0.25) is 0 Å². The van der Waals surface area contributed by atoms with Gasteiger partial charge in [-0.15, -0.1) is 0 Å². The van der Waals surface area contributed by atoms with E-state index in [1.54, 1.807) is 0 Å². The van der Waals surface area contributed by atoms with Crippen LogP contribution in [0.4, 0.5) is 4.79 Å². The number of carboxylic acids is 1. The molecule has 1 saturated carbocycles. The Morgan fingerprint density at radius 3 is 2.25 bits per heavy atom. The molecule has 170 valence electrons. The Morgan fingerprint density at radius 1 is 1.06 bits per heavy atom. The molecule has 2 aromatic carbocycles. The molecule has 32 heavy (non-hydrogen) atoms. The molecule has 0 bridgehead atoms. The Labute approximate surface area is 190 Å². The van der Waals surface area contributed by atoms with E-state index < -0.39 is 18.1 Å². The maximum atomic E-state index is 13.2. The number of aliphatic carboxylic acids is 1. The molecule has 2 aromatic rings. The number of hydrogen-bond donors (Lipinski definition) is 1. The van der Waals surface area contributed by atoms with Gasteiger partial charge in [-0.3, -0.25) is 4.90 Å². The molecule has 0 radical (unpaired) electrons. The van der Waals surface area contributed by atoms with Crippen molar-refractivity contribution in [1.29, 1.82) is 0 Å². The van der Waals surface area contributed by atoms with Gasteiger partial charge < -0.3 is 9.84 Å². The molecule has 5 heteroatoms. The summed E-state index contributed by atoms with van der Waals surface area (Å²) in [5.41, 5.74) is 4.65. The van der Waals surface area contributed by atoms with E-state index in [0.29, 0.717) is 18.9 Å². The number of carbonyl (C=O) groups is 2. The summed E-state index contributed by atoms with van der Waals surface area (Å²) in [5, 5.41) is 10.0. The molecule has 2 aliphatic carbocycles. The molecule has 1 N–H and O–H groups in total. The van der Waals surface area contributed by atoms with E-state index in [1.807, 2.05) is 31.2 Å². The standard InChI is InChI=1S/C27H33NO4/c1-3-15-28(25(26(29)30)19-10-8-9-18(2)16-19)27(31)32-17-24-22-13-6-4-11-20(22)21-12-5-7-14-23(21)24/h4-7,11-14,18-19,24-25H,3,8-10,15-17H2,1-2H3,(H,29,30). The number of fused-ring (bicyclic) bond motifs is 3. The zero-order valence-corrected chi connectivity index (χ0v) is 19.0. The fourth-order valence-corrected chi connectivity index (χ4v) is 5.62. The normalized spacial score (nSPS) is 20.8. The highest BCUT2D eigenvalue weighted by atomic mass is 16.6. The van der Waals surface area contributed by atoms with Crippen LogP contribution in [0.1, 0.15) is 63.0 Å². The molecule has 4 rings (SSSR count). The summed E-state index contributed by atoms with van der Waals surface area (Å²) in [4.78, 5) is 27.0. The van der Waals surface area contributed by atoms with E-state index in [4.69, 9.17) is 4.74 Å². The summed E-state index contributed by atoms with van der Waals surface area (Å²) >= 11 is 0. The average Bonchev–Trinajstić information content (AvgIpc) is 3.11. The lowest BCUT2D eigenvalue weighted by Crippen LogP contribution is -2.51. The summed E-state index contributed by atoms with van der Waals surface area (Å²) in [6, 6.07) is 15.6. The number of hydrogen-bond acceptors (Lipinski definition) is 3. The monoisotopic (exact) mass is 435 g/mol. The van der Waals surface area contributed by atoms with Gasteiger partial charge in [0, 0.05) is 12.5 Å². The Hall–Kier alpha value is -2.82. The molecule has 0 aromatic heterocycles. The number of amides is 1. The van der Waals surface area contributed by atoms with Gasteiger partial charge in [-0.05, 0) is 53.4 Å². The van der Waals surface area contributed by atoms with E-state index in [0.717, 1.165) is 36.8 Å². The number of carbonyl (C=O) groups excluding carboxylic acids is 1. The zero-order chi connectivity index (χ0) is 22.7. The second-order valence-corrected chi connectivity index (χ2v) is 9.31. The van der Waals surface area contributed by atoms with Crippen LogP contribution in [0.15, 0.2) is 48.5 Å². The Morgan fingerprint density at radius 2 is 1.69 bits per heavy atom. The highest BCUT2D eigenvalue weighted by molar-refractivity contribution is 5.81. The number of benzene rings is 2. The van der Waals surface area contributed by atoms with E-state index in [2.05, 4.69) is 31.2 Å². The molecule has 0 saturated heterocycles. The van der Waals surface area contributed by atoms with E-state index in [9.17, 15) is 14.7 Å². The number of nitrogens with zero attached hydrogens (tertiary/aromatic N) is 1. The van der Waals surface area contributed by atoms with Gasteiger partial charge in [0.2, 0.25) is 0 Å². The van der Waals surface area contributed by atoms with E-state index >= 15 is 0 Å². The first-order valence-corrected chi connectivity index (χ1v) is 11.9. The predicted octanol–water partition coefficient (Wildman–Crippen LogP) is 5.93. The van der Waals surface area contributed by atoms with Crippen molar-refractivity contribution >= 4 is 12.1 Å². The molecular weight excluding hydrogens is 402 g/mol. The topological polar surface area (TPSA) is 66.8 Å². The van der Waals surface area contributed by atoms with E-state index in [1.165, 1.54) is 16.0 Å². The van der Waals surface area contributed by atoms with Crippen LogP contribution in [0.3, 0.4) is 0 Å². The van der Waals surface area contributed by atoms with Crippen LogP contribution < -0.4 is 0 Å². The Bertz CT molecular complexity index is 926. The van der Waals surface area contributed by atoms with Crippen molar-refractivity contribution in [2.75, 3.05) is 13.2 Å². The lowest BCUT2D eigenvalue weighted by molar-refractivity contribution is -0.145. The Balaban J connectivity index is 1.53. The molecule has 0 heterocycles. The largest absolute Gasteiger partial charge is 0.480 e. The summed E-state index contributed by atoms with van der Waals surface area (Å²) < 4.78 is 5.83. The molecule has 3 atom stereocenters. The number of rotatable bonds is 7. The van der Waals surface area contributed by atoms with Gasteiger partial charge >= 0.3 is 12.1 Å². The van der Waals surface area contributed by atoms with Crippen LogP contribution in [0, 0.1) is 11.8 Å². The molecule has 5 nitrogen and oxygen atoms in total. The third-order valence-corrected chi connectivity index (χ3v) is 7.05. The maximum Gasteiger partial charge on any atom is 0.410 e. The van der Waals surface area contributed by atoms with Crippen LogP contribution in [0.5, 0.6) is 0 Å². The van der Waals surface area contributed by atoms with Gasteiger partial charge in [0.25, 0.3) is 0 Å². The maximum absolute atomic E-state index is 13.2. The third-order valence-electron chi connectivity index (χ3n) is 7.05. The van der Waals surface area contributed by atoms with Gasteiger partial charge in [-0.25, -0.2) is 9.59 Å². The van der Waals surface area contributed by atoms with Gasteiger partial charge in [-0.1, -0.05) is 75.2 Å². The van der Waals surface area contributed by atoms with Gasteiger partial charge in [-0.2, -0.15) is 0 Å². The van der Waals surface area contributed by atoms with Crippen LogP contribution in [-0.4, -0.2) is 41.3 Å². The molecule has 1 fully saturated rings. The first-order chi connectivity index (χ1) is 15.5. The van der Waals surface area contributed by atoms with Crippen molar-refractivity contribution in [3.8, 4) is 11.1 Å². The van der Waals surface area contributed by atoms with Crippen molar-refractivity contribution in [3.63, 3.8) is 0 Å². The van der Waals surface area contributed by atoms with Crippen LogP contribution >= 0.6 is 0 Å². The van der Waals surface area contributed by atoms with Crippen molar-refractivity contribution in [3.05, 3.63) is 59.7 Å². The Kier molecular flexibility index (Phi) is 6.83. The van der Waals surface area contributed by atoms with Crippen molar-refractivity contribution in [1.82, 2.24) is 4.90 Å². The van der Waals surface area contributed by atoms with Gasteiger partial charge in [0.15, 0.2) is 0 Å². The quantitative estimate of drug-likeness (QED) is 0.586. The lowest BCUT2D eigenvalue weighted by Gasteiger charge is -2.37. The zero-order valence-electron chi connectivity index (χ0n) is 19.0. The fourth-order valence-electron chi connectivity index (χ4n) is 5.62. The third kappa shape index (κ3) is 4.38. The van der Waals surface area contributed by atoms with Gasteiger partial charge in [0.05, 0.1) is 0 Å². The molecule has 1 amide bonds. The summed E-state index contributed by atoms with van der Waals surface area (Å²) in [6.45, 7) is 4.73. The van der Waals surface area contributed by atoms with Crippen LogP contribution in [-0.2, 0) is 9.53 Å². The first kappa shape index (κ1) is 22.4. The minimum Gasteiger partial charge on any atom is -0.480 e.